The lowest BCUT2D eigenvalue weighted by Crippen LogP contribution is -2.53. The van der Waals surface area contributed by atoms with Crippen LogP contribution in [-0.4, -0.2) is 46.9 Å². The number of primary amides is 1. The van der Waals surface area contributed by atoms with Crippen LogP contribution in [0.15, 0.2) is 29.3 Å². The van der Waals surface area contributed by atoms with Crippen LogP contribution in [0.2, 0.25) is 0 Å². The van der Waals surface area contributed by atoms with Gasteiger partial charge >= 0.3 is 0 Å². The number of hydrogen-bond donors (Lipinski definition) is 2. The molecule has 3 N–H and O–H groups in total. The van der Waals surface area contributed by atoms with Crippen LogP contribution in [0.3, 0.4) is 0 Å². The van der Waals surface area contributed by atoms with Crippen LogP contribution >= 0.6 is 11.8 Å². The molecule has 0 radical (unpaired) electrons. The average molecular weight is 375 g/mol. The van der Waals surface area contributed by atoms with Crippen molar-refractivity contribution in [3.05, 3.63) is 35.4 Å². The topological polar surface area (TPSA) is 70.7 Å². The van der Waals surface area contributed by atoms with Crippen LogP contribution in [0.1, 0.15) is 54.9 Å². The summed E-state index contributed by atoms with van der Waals surface area (Å²) in [4.78, 5) is 18.7. The van der Waals surface area contributed by atoms with Crippen LogP contribution in [0.4, 0.5) is 0 Å². The lowest BCUT2D eigenvalue weighted by molar-refractivity contribution is 0.1000. The van der Waals surface area contributed by atoms with Crippen LogP contribution in [-0.2, 0) is 6.54 Å². The van der Waals surface area contributed by atoms with Crippen LogP contribution in [0.25, 0.3) is 0 Å². The van der Waals surface area contributed by atoms with E-state index < -0.39 is 5.91 Å². The zero-order valence-electron chi connectivity index (χ0n) is 15.7. The fraction of sp³-hybridized carbons (Fsp3) is 0.600. The summed E-state index contributed by atoms with van der Waals surface area (Å²) >= 11 is 2.17. The summed E-state index contributed by atoms with van der Waals surface area (Å²) in [5.41, 5.74) is 6.93. The van der Waals surface area contributed by atoms with Gasteiger partial charge in [0.15, 0.2) is 5.96 Å². The van der Waals surface area contributed by atoms with Gasteiger partial charge in [-0.2, -0.15) is 11.8 Å². The molecule has 0 unspecified atom stereocenters. The summed E-state index contributed by atoms with van der Waals surface area (Å²) in [6, 6.07) is 7.44. The zero-order chi connectivity index (χ0) is 18.4. The Bertz CT molecular complexity index is 649. The number of carbonyl (C=O) groups is 1. The van der Waals surface area contributed by atoms with Crippen molar-refractivity contribution < 1.29 is 4.79 Å². The Morgan fingerprint density at radius 2 is 2.15 bits per heavy atom. The Morgan fingerprint density at radius 3 is 2.88 bits per heavy atom. The largest absolute Gasteiger partial charge is 0.366 e. The molecule has 1 heterocycles. The molecule has 6 heteroatoms. The predicted molar refractivity (Wildman–Crippen MR) is 110 cm³/mol. The minimum absolute atomic E-state index is 0.393. The molecule has 1 aromatic carbocycles. The highest BCUT2D eigenvalue weighted by Crippen LogP contribution is 2.42. The second-order valence-electron chi connectivity index (χ2n) is 7.25. The van der Waals surface area contributed by atoms with Gasteiger partial charge in [0.05, 0.1) is 6.54 Å². The van der Waals surface area contributed by atoms with Crippen molar-refractivity contribution in [2.75, 3.05) is 25.4 Å². The molecular weight excluding hydrogens is 344 g/mol. The van der Waals surface area contributed by atoms with Crippen molar-refractivity contribution in [2.45, 2.75) is 50.3 Å². The highest BCUT2D eigenvalue weighted by molar-refractivity contribution is 8.00. The monoisotopic (exact) mass is 374 g/mol. The summed E-state index contributed by atoms with van der Waals surface area (Å²) in [6.45, 7) is 5.65. The molecule has 1 aliphatic heterocycles. The molecule has 1 saturated carbocycles. The molecule has 26 heavy (non-hydrogen) atoms. The summed E-state index contributed by atoms with van der Waals surface area (Å²) < 4.78 is 0.415. The molecule has 1 saturated heterocycles. The standard InChI is InChI=1S/C20H30N4OS/c1-2-22-19(23-14-16-7-6-8-17(13-16)18(21)25)24-11-12-26-20(15-24)9-4-3-5-10-20/h6-8,13H,2-5,9-12,14-15H2,1H3,(H2,21,25)(H,22,23). The van der Waals surface area contributed by atoms with Gasteiger partial charge in [-0.15, -0.1) is 0 Å². The Hall–Kier alpha value is -1.69. The van der Waals surface area contributed by atoms with E-state index in [-0.39, 0.29) is 0 Å². The Kier molecular flexibility index (Phi) is 6.46. The van der Waals surface area contributed by atoms with Gasteiger partial charge in [-0.3, -0.25) is 4.79 Å². The van der Waals surface area contributed by atoms with Gasteiger partial charge in [0.1, 0.15) is 0 Å². The molecule has 5 nitrogen and oxygen atoms in total. The smallest absolute Gasteiger partial charge is 0.248 e. The number of hydrogen-bond acceptors (Lipinski definition) is 3. The van der Waals surface area contributed by atoms with Gasteiger partial charge in [-0.05, 0) is 37.5 Å². The number of thioether (sulfide) groups is 1. The first-order valence-corrected chi connectivity index (χ1v) is 10.7. The second-order valence-corrected chi connectivity index (χ2v) is 8.81. The molecule has 0 atom stereocenters. The number of aliphatic imine (C=N–C) groups is 1. The zero-order valence-corrected chi connectivity index (χ0v) is 16.5. The van der Waals surface area contributed by atoms with Gasteiger partial charge in [0, 0.05) is 35.7 Å². The van der Waals surface area contributed by atoms with Gasteiger partial charge < -0.3 is 16.0 Å². The first-order valence-electron chi connectivity index (χ1n) is 9.68. The first-order chi connectivity index (χ1) is 12.6. The lowest BCUT2D eigenvalue weighted by Gasteiger charge is -2.45. The van der Waals surface area contributed by atoms with Crippen molar-refractivity contribution in [1.29, 1.82) is 0 Å². The fourth-order valence-corrected chi connectivity index (χ4v) is 5.51. The van der Waals surface area contributed by atoms with Gasteiger partial charge in [0.25, 0.3) is 0 Å². The van der Waals surface area contributed by atoms with E-state index in [2.05, 4.69) is 28.9 Å². The molecule has 0 aromatic heterocycles. The molecule has 1 amide bonds. The Labute approximate surface area is 160 Å². The van der Waals surface area contributed by atoms with Crippen molar-refractivity contribution in [1.82, 2.24) is 10.2 Å². The molecule has 3 rings (SSSR count). The third-order valence-corrected chi connectivity index (χ3v) is 6.81. The Morgan fingerprint density at radius 1 is 1.35 bits per heavy atom. The number of rotatable bonds is 4. The summed E-state index contributed by atoms with van der Waals surface area (Å²) in [7, 11) is 0. The maximum absolute atomic E-state index is 11.4. The van der Waals surface area contributed by atoms with Crippen molar-refractivity contribution in [3.63, 3.8) is 0 Å². The highest BCUT2D eigenvalue weighted by atomic mass is 32.2. The van der Waals surface area contributed by atoms with Crippen LogP contribution in [0.5, 0.6) is 0 Å². The summed E-state index contributed by atoms with van der Waals surface area (Å²) in [6.07, 6.45) is 6.75. The predicted octanol–water partition coefficient (Wildman–Crippen LogP) is 3.00. The summed E-state index contributed by atoms with van der Waals surface area (Å²) in [5.74, 6) is 1.76. The van der Waals surface area contributed by atoms with Gasteiger partial charge in [-0.25, -0.2) is 4.99 Å². The lowest BCUT2D eigenvalue weighted by atomic mass is 9.87. The molecule has 1 aromatic rings. The highest BCUT2D eigenvalue weighted by Gasteiger charge is 2.38. The normalized spacial score (nSPS) is 20.2. The number of benzene rings is 1. The van der Waals surface area contributed by atoms with E-state index >= 15 is 0 Å². The first kappa shape index (κ1) is 19.1. The number of nitrogens with two attached hydrogens (primary N) is 1. The molecule has 142 valence electrons. The van der Waals surface area contributed by atoms with Crippen molar-refractivity contribution >= 4 is 23.6 Å². The van der Waals surface area contributed by atoms with Gasteiger partial charge in [0.2, 0.25) is 5.91 Å². The van der Waals surface area contributed by atoms with E-state index in [1.165, 1.54) is 37.9 Å². The quantitative estimate of drug-likeness (QED) is 0.628. The maximum atomic E-state index is 11.4. The SMILES string of the molecule is CCNC(=NCc1cccc(C(N)=O)c1)N1CCSC2(CCCCC2)C1. The fourth-order valence-electron chi connectivity index (χ4n) is 3.94. The molecule has 2 fully saturated rings. The Balaban J connectivity index is 1.72. The minimum atomic E-state index is -0.393. The molecule has 1 aliphatic carbocycles. The molecule has 2 aliphatic rings. The number of nitrogens with one attached hydrogen (secondary N) is 1. The van der Waals surface area contributed by atoms with Crippen LogP contribution in [0, 0.1) is 0 Å². The molecule has 1 spiro atoms. The number of amides is 1. The van der Waals surface area contributed by atoms with Crippen molar-refractivity contribution in [3.8, 4) is 0 Å². The van der Waals surface area contributed by atoms with Crippen LogP contribution < -0.4 is 11.1 Å². The van der Waals surface area contributed by atoms with Gasteiger partial charge in [-0.1, -0.05) is 31.4 Å². The molecular formula is C20H30N4OS. The van der Waals surface area contributed by atoms with E-state index in [9.17, 15) is 4.79 Å². The third kappa shape index (κ3) is 4.72. The number of nitrogens with zero attached hydrogens (tertiary/aromatic N) is 2. The summed E-state index contributed by atoms with van der Waals surface area (Å²) in [5, 5.41) is 3.46. The number of guanidine groups is 1. The maximum Gasteiger partial charge on any atom is 0.248 e. The van der Waals surface area contributed by atoms with E-state index in [0.717, 1.165) is 31.2 Å². The van der Waals surface area contributed by atoms with E-state index in [0.29, 0.717) is 16.9 Å². The third-order valence-electron chi connectivity index (χ3n) is 5.27. The van der Waals surface area contributed by atoms with E-state index in [1.54, 1.807) is 6.07 Å². The van der Waals surface area contributed by atoms with E-state index in [1.807, 2.05) is 18.2 Å². The minimum Gasteiger partial charge on any atom is -0.366 e. The second kappa shape index (κ2) is 8.80. The van der Waals surface area contributed by atoms with Crippen molar-refractivity contribution in [2.24, 2.45) is 10.7 Å². The van der Waals surface area contributed by atoms with E-state index in [4.69, 9.17) is 10.7 Å². The number of carbonyl (C=O) groups excluding carboxylic acids is 1. The molecule has 0 bridgehead atoms. The average Bonchev–Trinajstić information content (AvgIpc) is 2.66.